The summed E-state index contributed by atoms with van der Waals surface area (Å²) in [4.78, 5) is 50.2. The number of anilines is 1. The van der Waals surface area contributed by atoms with E-state index in [4.69, 9.17) is 4.74 Å². The van der Waals surface area contributed by atoms with Crippen molar-refractivity contribution in [3.05, 3.63) is 108 Å². The molecule has 0 atom stereocenters. The number of carbonyl (C=O) groups is 3. The minimum absolute atomic E-state index is 0.0219. The van der Waals surface area contributed by atoms with Crippen molar-refractivity contribution in [3.8, 4) is 22.5 Å². The molecule has 264 valence electrons. The zero-order valence-electron chi connectivity index (χ0n) is 28.0. The lowest BCUT2D eigenvalue weighted by molar-refractivity contribution is -0.137. The van der Waals surface area contributed by atoms with Crippen LogP contribution in [0.5, 0.6) is 0 Å². The van der Waals surface area contributed by atoms with E-state index in [1.165, 1.54) is 21.9 Å². The highest BCUT2D eigenvalue weighted by atomic mass is 19.4. The molecule has 6 rings (SSSR count). The van der Waals surface area contributed by atoms with Gasteiger partial charge in [-0.1, -0.05) is 18.2 Å². The Hall–Kier alpha value is -5.79. The molecule has 1 saturated heterocycles. The van der Waals surface area contributed by atoms with E-state index in [0.29, 0.717) is 16.9 Å². The largest absolute Gasteiger partial charge is 0.444 e. The first-order chi connectivity index (χ1) is 24.1. The summed E-state index contributed by atoms with van der Waals surface area (Å²) in [6, 6.07) is 16.2. The molecule has 0 bridgehead atoms. The third-order valence-electron chi connectivity index (χ3n) is 8.18. The average molecular weight is 703 g/mol. The van der Waals surface area contributed by atoms with Crippen molar-refractivity contribution in [1.82, 2.24) is 24.2 Å². The van der Waals surface area contributed by atoms with Crippen LogP contribution in [0.4, 0.5) is 28.0 Å². The highest BCUT2D eigenvalue weighted by Gasteiger charge is 2.34. The third kappa shape index (κ3) is 8.17. The minimum Gasteiger partial charge on any atom is -0.444 e. The number of rotatable bonds is 6. The smallest absolute Gasteiger partial charge is 0.416 e. The van der Waals surface area contributed by atoms with E-state index >= 15 is 4.39 Å². The van der Waals surface area contributed by atoms with Gasteiger partial charge in [0.1, 0.15) is 17.1 Å². The second-order valence-corrected chi connectivity index (χ2v) is 13.1. The van der Waals surface area contributed by atoms with Crippen LogP contribution in [-0.4, -0.2) is 73.9 Å². The summed E-state index contributed by atoms with van der Waals surface area (Å²) in [5.74, 6) is -2.15. The molecular weight excluding hydrogens is 668 g/mol. The molecule has 1 aliphatic rings. The second-order valence-electron chi connectivity index (χ2n) is 13.1. The number of nitrogens with zero attached hydrogens (tertiary/aromatic N) is 5. The van der Waals surface area contributed by atoms with E-state index in [0.717, 1.165) is 29.5 Å². The predicted molar refractivity (Wildman–Crippen MR) is 181 cm³/mol. The van der Waals surface area contributed by atoms with Crippen molar-refractivity contribution in [2.45, 2.75) is 39.0 Å². The number of imidazole rings is 1. The van der Waals surface area contributed by atoms with Crippen molar-refractivity contribution in [3.63, 3.8) is 0 Å². The van der Waals surface area contributed by atoms with E-state index in [2.05, 4.69) is 15.3 Å². The van der Waals surface area contributed by atoms with Crippen LogP contribution in [0, 0.1) is 5.82 Å². The van der Waals surface area contributed by atoms with E-state index in [1.54, 1.807) is 49.8 Å². The molecule has 1 N–H and O–H groups in total. The first-order valence-corrected chi connectivity index (χ1v) is 16.1. The zero-order valence-corrected chi connectivity index (χ0v) is 28.0. The van der Waals surface area contributed by atoms with Gasteiger partial charge in [0, 0.05) is 61.0 Å². The number of alkyl halides is 3. The van der Waals surface area contributed by atoms with Crippen molar-refractivity contribution in [1.29, 1.82) is 0 Å². The number of nitrogens with one attached hydrogen (secondary N) is 1. The molecule has 0 unspecified atom stereocenters. The van der Waals surface area contributed by atoms with Crippen LogP contribution >= 0.6 is 0 Å². The molecule has 4 heterocycles. The zero-order chi connectivity index (χ0) is 36.5. The summed E-state index contributed by atoms with van der Waals surface area (Å²) < 4.78 is 64.1. The Morgan fingerprint density at radius 1 is 0.863 bits per heavy atom. The molecule has 0 spiro atoms. The molecule has 1 fully saturated rings. The molecule has 0 saturated carbocycles. The summed E-state index contributed by atoms with van der Waals surface area (Å²) in [6.07, 6.45) is -0.732. The predicted octanol–water partition coefficient (Wildman–Crippen LogP) is 7.10. The fraction of sp³-hybridized carbons (Fsp3) is 0.270. The Kier molecular flexibility index (Phi) is 9.52. The van der Waals surface area contributed by atoms with Crippen molar-refractivity contribution in [2.24, 2.45) is 0 Å². The Morgan fingerprint density at radius 3 is 2.27 bits per heavy atom. The first-order valence-electron chi connectivity index (χ1n) is 16.1. The Labute approximate surface area is 290 Å². The van der Waals surface area contributed by atoms with E-state index in [1.807, 2.05) is 30.3 Å². The van der Waals surface area contributed by atoms with Crippen molar-refractivity contribution >= 4 is 29.2 Å². The van der Waals surface area contributed by atoms with Crippen molar-refractivity contribution in [2.75, 3.05) is 31.5 Å². The number of amides is 3. The summed E-state index contributed by atoms with van der Waals surface area (Å²) in [5, 5.41) is 2.39. The first kappa shape index (κ1) is 35.1. The van der Waals surface area contributed by atoms with Gasteiger partial charge in [0.15, 0.2) is 0 Å². The number of pyridine rings is 2. The Morgan fingerprint density at radius 2 is 1.61 bits per heavy atom. The molecule has 2 aromatic carbocycles. The molecular formula is C37H34F4N6O4. The highest BCUT2D eigenvalue weighted by molar-refractivity contribution is 5.98. The highest BCUT2D eigenvalue weighted by Crippen LogP contribution is 2.33. The maximum absolute atomic E-state index is 15.3. The monoisotopic (exact) mass is 702 g/mol. The van der Waals surface area contributed by atoms with Gasteiger partial charge in [-0.15, -0.1) is 0 Å². The lowest BCUT2D eigenvalue weighted by Gasteiger charge is -2.35. The topological polar surface area (TPSA) is 109 Å². The van der Waals surface area contributed by atoms with E-state index < -0.39 is 47.5 Å². The van der Waals surface area contributed by atoms with Gasteiger partial charge in [0.05, 0.1) is 29.6 Å². The van der Waals surface area contributed by atoms with Gasteiger partial charge >= 0.3 is 12.3 Å². The van der Waals surface area contributed by atoms with Gasteiger partial charge < -0.3 is 19.9 Å². The molecule has 5 aromatic rings. The molecule has 51 heavy (non-hydrogen) atoms. The van der Waals surface area contributed by atoms with Crippen LogP contribution in [0.15, 0.2) is 85.3 Å². The second kappa shape index (κ2) is 13.8. The molecule has 0 radical (unpaired) electrons. The van der Waals surface area contributed by atoms with E-state index in [-0.39, 0.29) is 43.0 Å². The fourth-order valence-corrected chi connectivity index (χ4v) is 5.70. The van der Waals surface area contributed by atoms with Gasteiger partial charge in [-0.05, 0) is 74.9 Å². The SMILES string of the molecule is CC(C)(C)OC(=O)N1CCN(C(=O)c2cc(NC(=O)Cc3ccc(-c4cnc5cc(-c6ccccn6)ccn45)cc3F)cc(C(F)(F)F)c2)CC1. The molecule has 10 nitrogen and oxygen atoms in total. The number of aromatic nitrogens is 3. The molecule has 14 heteroatoms. The molecule has 1 aliphatic heterocycles. The summed E-state index contributed by atoms with van der Waals surface area (Å²) in [7, 11) is 0. The summed E-state index contributed by atoms with van der Waals surface area (Å²) in [6.45, 7) is 5.61. The van der Waals surface area contributed by atoms with Gasteiger partial charge in [0.2, 0.25) is 5.91 Å². The normalized spacial score (nSPS) is 13.7. The quantitative estimate of drug-likeness (QED) is 0.189. The summed E-state index contributed by atoms with van der Waals surface area (Å²) in [5.41, 5.74) is 1.01. The van der Waals surface area contributed by atoms with Crippen LogP contribution in [0.25, 0.3) is 28.2 Å². The minimum atomic E-state index is -4.81. The maximum atomic E-state index is 15.3. The average Bonchev–Trinajstić information content (AvgIpc) is 3.51. The number of halogens is 4. The van der Waals surface area contributed by atoms with Gasteiger partial charge in [-0.2, -0.15) is 13.2 Å². The number of carbonyl (C=O) groups excluding carboxylic acids is 3. The van der Waals surface area contributed by atoms with Crippen LogP contribution in [0.1, 0.15) is 42.3 Å². The standard InChI is InChI=1S/C37H34F4N6O4/c1-36(2,3)51-35(50)46-14-12-45(13-15-46)34(49)26-16-27(37(39,40)41)21-28(17-26)44-33(48)20-23-7-8-25(18-29(23)38)31-22-43-32-19-24(9-11-47(31)32)30-6-4-5-10-42-30/h4-11,16-19,21-22H,12-15,20H2,1-3H3,(H,44,48). The fourth-order valence-electron chi connectivity index (χ4n) is 5.70. The van der Waals surface area contributed by atoms with Crippen LogP contribution in [0.2, 0.25) is 0 Å². The van der Waals surface area contributed by atoms with Gasteiger partial charge in [-0.25, -0.2) is 14.2 Å². The molecule has 3 aromatic heterocycles. The lowest BCUT2D eigenvalue weighted by atomic mass is 10.0. The third-order valence-corrected chi connectivity index (χ3v) is 8.18. The molecule has 3 amide bonds. The molecule has 0 aliphatic carbocycles. The Bertz CT molecular complexity index is 2100. The summed E-state index contributed by atoms with van der Waals surface area (Å²) >= 11 is 0. The van der Waals surface area contributed by atoms with Crippen molar-refractivity contribution < 1.29 is 36.7 Å². The van der Waals surface area contributed by atoms with Crippen LogP contribution < -0.4 is 5.32 Å². The Balaban J connectivity index is 1.14. The number of hydrogen-bond donors (Lipinski definition) is 1. The van der Waals surface area contributed by atoms with Crippen LogP contribution in [-0.2, 0) is 22.1 Å². The lowest BCUT2D eigenvalue weighted by Crippen LogP contribution is -2.51. The number of hydrogen-bond acceptors (Lipinski definition) is 6. The maximum Gasteiger partial charge on any atom is 0.416 e. The van der Waals surface area contributed by atoms with E-state index in [9.17, 15) is 27.6 Å². The number of piperazine rings is 1. The number of fused-ring (bicyclic) bond motifs is 1. The van der Waals surface area contributed by atoms with Crippen LogP contribution in [0.3, 0.4) is 0 Å². The number of ether oxygens (including phenoxy) is 1. The van der Waals surface area contributed by atoms with Gasteiger partial charge in [0.25, 0.3) is 5.91 Å². The van der Waals surface area contributed by atoms with Gasteiger partial charge in [-0.3, -0.25) is 19.0 Å². The number of benzene rings is 2.